The number of rotatable bonds is 3. The van der Waals surface area contributed by atoms with Crippen LogP contribution in [-0.4, -0.2) is 23.8 Å². The summed E-state index contributed by atoms with van der Waals surface area (Å²) >= 11 is 0. The van der Waals surface area contributed by atoms with Crippen LogP contribution >= 0.6 is 0 Å². The highest BCUT2D eigenvalue weighted by Crippen LogP contribution is 2.54. The molecule has 1 N–H and O–H groups in total. The average Bonchev–Trinajstić information content (AvgIpc) is 1.97. The molecule has 0 radical (unpaired) electrons. The Labute approximate surface area is 85.5 Å². The summed E-state index contributed by atoms with van der Waals surface area (Å²) in [7, 11) is 0. The molecule has 0 amide bonds. The lowest BCUT2D eigenvalue weighted by molar-refractivity contribution is -0.179. The van der Waals surface area contributed by atoms with Crippen molar-refractivity contribution in [1.29, 1.82) is 0 Å². The minimum Gasteiger partial charge on any atom is -0.462 e. The number of hydrogen-bond acceptors (Lipinski definition) is 3. The number of carbonyl (C=O) groups is 1. The van der Waals surface area contributed by atoms with Crippen LogP contribution in [0.15, 0.2) is 0 Å². The normalized spacial score (nSPS) is 23.0. The second kappa shape index (κ2) is 3.54. The predicted molar refractivity (Wildman–Crippen MR) is 53.8 cm³/mol. The SMILES string of the molecule is CC(C)OC(=O)C1(CO)CC(C)(C)C1. The second-order valence-electron chi connectivity index (χ2n) is 5.41. The molecule has 1 rings (SSSR count). The number of esters is 1. The molecule has 0 saturated heterocycles. The lowest BCUT2D eigenvalue weighted by Gasteiger charge is -2.50. The molecule has 0 aromatic carbocycles. The first-order valence-electron chi connectivity index (χ1n) is 5.13. The fourth-order valence-corrected chi connectivity index (χ4v) is 2.44. The maximum atomic E-state index is 11.7. The van der Waals surface area contributed by atoms with Gasteiger partial charge in [0.15, 0.2) is 0 Å². The summed E-state index contributed by atoms with van der Waals surface area (Å²) in [5.41, 5.74) is -0.452. The zero-order valence-corrected chi connectivity index (χ0v) is 9.46. The summed E-state index contributed by atoms with van der Waals surface area (Å²) in [5.74, 6) is -0.241. The summed E-state index contributed by atoms with van der Waals surface area (Å²) in [6.07, 6.45) is 1.35. The molecule has 0 heterocycles. The Morgan fingerprint density at radius 2 is 1.93 bits per heavy atom. The van der Waals surface area contributed by atoms with Gasteiger partial charge in [-0.15, -0.1) is 0 Å². The third kappa shape index (κ3) is 2.08. The van der Waals surface area contributed by atoms with Crippen LogP contribution in [0.25, 0.3) is 0 Å². The van der Waals surface area contributed by atoms with Gasteiger partial charge in [0, 0.05) is 0 Å². The van der Waals surface area contributed by atoms with Gasteiger partial charge in [-0.1, -0.05) is 13.8 Å². The van der Waals surface area contributed by atoms with E-state index in [0.29, 0.717) is 0 Å². The first kappa shape index (κ1) is 11.5. The van der Waals surface area contributed by atoms with Crippen LogP contribution < -0.4 is 0 Å². The van der Waals surface area contributed by atoms with Gasteiger partial charge in [0.25, 0.3) is 0 Å². The maximum absolute atomic E-state index is 11.7. The van der Waals surface area contributed by atoms with Gasteiger partial charge in [-0.25, -0.2) is 0 Å². The predicted octanol–water partition coefficient (Wildman–Crippen LogP) is 1.74. The van der Waals surface area contributed by atoms with Crippen LogP contribution in [0, 0.1) is 10.8 Å². The Bertz CT molecular complexity index is 223. The van der Waals surface area contributed by atoms with Crippen molar-refractivity contribution in [3.63, 3.8) is 0 Å². The van der Waals surface area contributed by atoms with E-state index in [2.05, 4.69) is 13.8 Å². The minimum absolute atomic E-state index is 0.0953. The van der Waals surface area contributed by atoms with Crippen LogP contribution in [0.4, 0.5) is 0 Å². The molecule has 0 aromatic heterocycles. The number of aliphatic hydroxyl groups is 1. The van der Waals surface area contributed by atoms with Gasteiger partial charge in [-0.2, -0.15) is 0 Å². The lowest BCUT2D eigenvalue weighted by Crippen LogP contribution is -2.52. The molecular weight excluding hydrogens is 180 g/mol. The third-order valence-corrected chi connectivity index (χ3v) is 2.71. The molecule has 1 aliphatic carbocycles. The molecule has 3 heteroatoms. The lowest BCUT2D eigenvalue weighted by atomic mass is 9.54. The van der Waals surface area contributed by atoms with Gasteiger partial charge >= 0.3 is 5.97 Å². The minimum atomic E-state index is -0.617. The van der Waals surface area contributed by atoms with Crippen LogP contribution in [-0.2, 0) is 9.53 Å². The average molecular weight is 200 g/mol. The Hall–Kier alpha value is -0.570. The largest absolute Gasteiger partial charge is 0.462 e. The van der Waals surface area contributed by atoms with Crippen LogP contribution in [0.5, 0.6) is 0 Å². The van der Waals surface area contributed by atoms with Crippen molar-refractivity contribution in [3.05, 3.63) is 0 Å². The van der Waals surface area contributed by atoms with E-state index in [-0.39, 0.29) is 24.1 Å². The van der Waals surface area contributed by atoms with Crippen molar-refractivity contribution < 1.29 is 14.6 Å². The monoisotopic (exact) mass is 200 g/mol. The van der Waals surface area contributed by atoms with Crippen LogP contribution in [0.3, 0.4) is 0 Å². The van der Waals surface area contributed by atoms with E-state index in [1.165, 1.54) is 0 Å². The Balaban J connectivity index is 2.60. The highest BCUT2D eigenvalue weighted by molar-refractivity contribution is 5.78. The first-order chi connectivity index (χ1) is 6.31. The Morgan fingerprint density at radius 3 is 2.21 bits per heavy atom. The Morgan fingerprint density at radius 1 is 1.43 bits per heavy atom. The molecule has 1 saturated carbocycles. The van der Waals surface area contributed by atoms with E-state index in [0.717, 1.165) is 12.8 Å². The van der Waals surface area contributed by atoms with Crippen molar-refractivity contribution in [1.82, 2.24) is 0 Å². The second-order valence-corrected chi connectivity index (χ2v) is 5.41. The molecule has 0 spiro atoms. The van der Waals surface area contributed by atoms with E-state index in [1.54, 1.807) is 0 Å². The number of aliphatic hydroxyl groups excluding tert-OH is 1. The van der Waals surface area contributed by atoms with Gasteiger partial charge in [0.1, 0.15) is 0 Å². The quantitative estimate of drug-likeness (QED) is 0.706. The first-order valence-corrected chi connectivity index (χ1v) is 5.13. The van der Waals surface area contributed by atoms with Gasteiger partial charge < -0.3 is 9.84 Å². The highest BCUT2D eigenvalue weighted by Gasteiger charge is 2.55. The smallest absolute Gasteiger partial charge is 0.314 e. The van der Waals surface area contributed by atoms with Crippen molar-refractivity contribution >= 4 is 5.97 Å². The molecule has 0 aliphatic heterocycles. The standard InChI is InChI=1S/C11H20O3/c1-8(2)14-9(13)11(7-12)5-10(3,4)6-11/h8,12H,5-7H2,1-4H3. The summed E-state index contributed by atoms with van der Waals surface area (Å²) in [4.78, 5) is 11.7. The molecular formula is C11H20O3. The molecule has 0 unspecified atom stereocenters. The molecule has 82 valence electrons. The highest BCUT2D eigenvalue weighted by atomic mass is 16.5. The fraction of sp³-hybridized carbons (Fsp3) is 0.909. The van der Waals surface area contributed by atoms with Crippen molar-refractivity contribution in [2.45, 2.75) is 46.6 Å². The number of hydrogen-bond donors (Lipinski definition) is 1. The van der Waals surface area contributed by atoms with Gasteiger partial charge in [-0.3, -0.25) is 4.79 Å². The third-order valence-electron chi connectivity index (χ3n) is 2.71. The number of ether oxygens (including phenoxy) is 1. The molecule has 14 heavy (non-hydrogen) atoms. The van der Waals surface area contributed by atoms with E-state index < -0.39 is 5.41 Å². The zero-order chi connectivity index (χ0) is 11.0. The zero-order valence-electron chi connectivity index (χ0n) is 9.46. The van der Waals surface area contributed by atoms with Crippen LogP contribution in [0.1, 0.15) is 40.5 Å². The summed E-state index contributed by atoms with van der Waals surface area (Å²) in [6, 6.07) is 0. The number of carbonyl (C=O) groups excluding carboxylic acids is 1. The molecule has 1 fully saturated rings. The molecule has 0 atom stereocenters. The molecule has 3 nitrogen and oxygen atoms in total. The van der Waals surface area contributed by atoms with Crippen molar-refractivity contribution in [3.8, 4) is 0 Å². The fourth-order valence-electron chi connectivity index (χ4n) is 2.44. The van der Waals surface area contributed by atoms with Gasteiger partial charge in [-0.05, 0) is 32.1 Å². The molecule has 0 aromatic rings. The van der Waals surface area contributed by atoms with E-state index in [9.17, 15) is 9.90 Å². The van der Waals surface area contributed by atoms with E-state index in [4.69, 9.17) is 4.74 Å². The summed E-state index contributed by atoms with van der Waals surface area (Å²) in [5, 5.41) is 9.25. The Kier molecular flexibility index (Phi) is 2.91. The maximum Gasteiger partial charge on any atom is 0.314 e. The molecule has 0 bridgehead atoms. The van der Waals surface area contributed by atoms with E-state index in [1.807, 2.05) is 13.8 Å². The summed E-state index contributed by atoms with van der Waals surface area (Å²) < 4.78 is 5.14. The van der Waals surface area contributed by atoms with Gasteiger partial charge in [0.2, 0.25) is 0 Å². The van der Waals surface area contributed by atoms with Crippen molar-refractivity contribution in [2.75, 3.05) is 6.61 Å². The van der Waals surface area contributed by atoms with Crippen LogP contribution in [0.2, 0.25) is 0 Å². The van der Waals surface area contributed by atoms with E-state index >= 15 is 0 Å². The topological polar surface area (TPSA) is 46.5 Å². The summed E-state index contributed by atoms with van der Waals surface area (Å²) in [6.45, 7) is 7.76. The molecule has 1 aliphatic rings. The van der Waals surface area contributed by atoms with Crippen molar-refractivity contribution in [2.24, 2.45) is 10.8 Å². The van der Waals surface area contributed by atoms with Gasteiger partial charge in [0.05, 0.1) is 18.1 Å².